The number of hydrogen-bond donors (Lipinski definition) is 2. The topological polar surface area (TPSA) is 49.3 Å². The third-order valence-electron chi connectivity index (χ3n) is 3.60. The Balaban J connectivity index is 2.00. The molecule has 1 aromatic carbocycles. The number of nitrogens with one attached hydrogen (secondary N) is 1. The molecule has 0 bridgehead atoms. The summed E-state index contributed by atoms with van der Waals surface area (Å²) in [6.45, 7) is 1.64. The molecule has 1 unspecified atom stereocenters. The van der Waals surface area contributed by atoms with Crippen LogP contribution in [-0.4, -0.2) is 23.2 Å². The van der Waals surface area contributed by atoms with E-state index in [1.807, 2.05) is 0 Å². The molecule has 0 spiro atoms. The van der Waals surface area contributed by atoms with Crippen molar-refractivity contribution in [1.82, 2.24) is 5.32 Å². The molecular weight excluding hydrogens is 252 g/mol. The molecule has 19 heavy (non-hydrogen) atoms. The van der Waals surface area contributed by atoms with Crippen molar-refractivity contribution in [2.45, 2.75) is 31.7 Å². The number of amides is 1. The standard InChI is InChI=1S/C14H17F2NO2/c1-14(8-18,10-3-4-10)17-13(19)6-9-2-5-11(15)7-12(9)16/h2,5,7,10,18H,3-4,6,8H2,1H3,(H,17,19). The Labute approximate surface area is 110 Å². The van der Waals surface area contributed by atoms with E-state index in [-0.39, 0.29) is 30.4 Å². The maximum atomic E-state index is 13.4. The van der Waals surface area contributed by atoms with E-state index in [4.69, 9.17) is 0 Å². The van der Waals surface area contributed by atoms with E-state index in [0.717, 1.165) is 25.0 Å². The van der Waals surface area contributed by atoms with Crippen LogP contribution in [0, 0.1) is 17.6 Å². The van der Waals surface area contributed by atoms with Gasteiger partial charge in [0.1, 0.15) is 11.6 Å². The van der Waals surface area contributed by atoms with Crippen LogP contribution in [0.5, 0.6) is 0 Å². The van der Waals surface area contributed by atoms with E-state index < -0.39 is 17.2 Å². The van der Waals surface area contributed by atoms with Crippen LogP contribution < -0.4 is 5.32 Å². The molecule has 1 aromatic rings. The first-order valence-electron chi connectivity index (χ1n) is 6.30. The average molecular weight is 269 g/mol. The normalized spacial score (nSPS) is 17.9. The largest absolute Gasteiger partial charge is 0.394 e. The van der Waals surface area contributed by atoms with Crippen LogP contribution in [0.3, 0.4) is 0 Å². The number of hydrogen-bond acceptors (Lipinski definition) is 2. The fourth-order valence-corrected chi connectivity index (χ4v) is 2.19. The Hall–Kier alpha value is -1.49. The quantitative estimate of drug-likeness (QED) is 0.856. The lowest BCUT2D eigenvalue weighted by atomic mass is 9.96. The molecule has 0 saturated heterocycles. The molecule has 1 atom stereocenters. The number of aliphatic hydroxyl groups excluding tert-OH is 1. The van der Waals surface area contributed by atoms with Crippen LogP contribution in [0.2, 0.25) is 0 Å². The fraction of sp³-hybridized carbons (Fsp3) is 0.500. The van der Waals surface area contributed by atoms with E-state index in [0.29, 0.717) is 0 Å². The van der Waals surface area contributed by atoms with Crippen molar-refractivity contribution >= 4 is 5.91 Å². The second-order valence-electron chi connectivity index (χ2n) is 5.31. The summed E-state index contributed by atoms with van der Waals surface area (Å²) in [5.74, 6) is -1.49. The molecule has 2 rings (SSSR count). The number of rotatable bonds is 5. The van der Waals surface area contributed by atoms with E-state index in [9.17, 15) is 18.7 Å². The molecule has 5 heteroatoms. The van der Waals surface area contributed by atoms with Crippen LogP contribution in [0.25, 0.3) is 0 Å². The van der Waals surface area contributed by atoms with Crippen LogP contribution in [0.4, 0.5) is 8.78 Å². The molecular formula is C14H17F2NO2. The summed E-state index contributed by atoms with van der Waals surface area (Å²) in [6, 6.07) is 3.14. The molecule has 1 amide bonds. The maximum Gasteiger partial charge on any atom is 0.225 e. The van der Waals surface area contributed by atoms with Gasteiger partial charge in [-0.1, -0.05) is 6.07 Å². The maximum absolute atomic E-state index is 13.4. The van der Waals surface area contributed by atoms with Gasteiger partial charge < -0.3 is 10.4 Å². The lowest BCUT2D eigenvalue weighted by molar-refractivity contribution is -0.123. The zero-order chi connectivity index (χ0) is 14.0. The predicted octanol–water partition coefficient (Wildman–Crippen LogP) is 1.78. The number of carbonyl (C=O) groups is 1. The highest BCUT2D eigenvalue weighted by molar-refractivity contribution is 5.79. The highest BCUT2D eigenvalue weighted by Crippen LogP contribution is 2.39. The molecule has 1 aliphatic carbocycles. The van der Waals surface area contributed by atoms with Crippen molar-refractivity contribution < 1.29 is 18.7 Å². The highest BCUT2D eigenvalue weighted by Gasteiger charge is 2.42. The first-order chi connectivity index (χ1) is 8.94. The highest BCUT2D eigenvalue weighted by atomic mass is 19.1. The second kappa shape index (κ2) is 5.25. The van der Waals surface area contributed by atoms with Gasteiger partial charge in [0.05, 0.1) is 18.6 Å². The first kappa shape index (κ1) is 13.9. The van der Waals surface area contributed by atoms with Crippen molar-refractivity contribution in [3.8, 4) is 0 Å². The van der Waals surface area contributed by atoms with Gasteiger partial charge in [-0.25, -0.2) is 8.78 Å². The number of halogens is 2. The Morgan fingerprint density at radius 3 is 2.68 bits per heavy atom. The molecule has 0 aliphatic heterocycles. The van der Waals surface area contributed by atoms with Crippen molar-refractivity contribution in [2.24, 2.45) is 5.92 Å². The van der Waals surface area contributed by atoms with E-state index in [2.05, 4.69) is 5.32 Å². The van der Waals surface area contributed by atoms with Gasteiger partial charge in [0, 0.05) is 6.07 Å². The molecule has 1 aliphatic rings. The summed E-state index contributed by atoms with van der Waals surface area (Å²) >= 11 is 0. The molecule has 1 saturated carbocycles. The van der Waals surface area contributed by atoms with Crippen LogP contribution in [-0.2, 0) is 11.2 Å². The van der Waals surface area contributed by atoms with Crippen molar-refractivity contribution in [1.29, 1.82) is 0 Å². The van der Waals surface area contributed by atoms with Gasteiger partial charge in [-0.3, -0.25) is 4.79 Å². The molecule has 1 fully saturated rings. The fourth-order valence-electron chi connectivity index (χ4n) is 2.19. The second-order valence-corrected chi connectivity index (χ2v) is 5.31. The zero-order valence-corrected chi connectivity index (χ0v) is 10.7. The van der Waals surface area contributed by atoms with Crippen molar-refractivity contribution in [2.75, 3.05) is 6.61 Å². The van der Waals surface area contributed by atoms with Crippen LogP contribution >= 0.6 is 0 Å². The van der Waals surface area contributed by atoms with Gasteiger partial charge in [0.15, 0.2) is 0 Å². The van der Waals surface area contributed by atoms with Gasteiger partial charge in [-0.15, -0.1) is 0 Å². The minimum atomic E-state index is -0.729. The zero-order valence-electron chi connectivity index (χ0n) is 10.7. The molecule has 3 nitrogen and oxygen atoms in total. The molecule has 2 N–H and O–H groups in total. The summed E-state index contributed by atoms with van der Waals surface area (Å²) in [6.07, 6.45) is 1.79. The van der Waals surface area contributed by atoms with Crippen LogP contribution in [0.1, 0.15) is 25.3 Å². The van der Waals surface area contributed by atoms with Gasteiger partial charge in [0.25, 0.3) is 0 Å². The first-order valence-corrected chi connectivity index (χ1v) is 6.30. The Bertz CT molecular complexity index is 488. The minimum absolute atomic E-state index is 0.144. The van der Waals surface area contributed by atoms with E-state index in [1.54, 1.807) is 6.92 Å². The Morgan fingerprint density at radius 2 is 2.16 bits per heavy atom. The number of carbonyl (C=O) groups excluding carboxylic acids is 1. The molecule has 0 aromatic heterocycles. The molecule has 0 radical (unpaired) electrons. The van der Waals surface area contributed by atoms with Crippen LogP contribution in [0.15, 0.2) is 18.2 Å². The predicted molar refractivity (Wildman–Crippen MR) is 66.4 cm³/mol. The lowest BCUT2D eigenvalue weighted by Gasteiger charge is -2.28. The summed E-state index contributed by atoms with van der Waals surface area (Å²) in [4.78, 5) is 11.9. The SMILES string of the molecule is CC(CO)(NC(=O)Cc1ccc(F)cc1F)C1CC1. The summed E-state index contributed by atoms with van der Waals surface area (Å²) < 4.78 is 26.2. The minimum Gasteiger partial charge on any atom is -0.394 e. The molecule has 104 valence electrons. The van der Waals surface area contributed by atoms with Crippen molar-refractivity contribution in [3.63, 3.8) is 0 Å². The summed E-state index contributed by atoms with van der Waals surface area (Å²) in [7, 11) is 0. The smallest absolute Gasteiger partial charge is 0.225 e. The van der Waals surface area contributed by atoms with Gasteiger partial charge >= 0.3 is 0 Å². The van der Waals surface area contributed by atoms with Gasteiger partial charge in [0.2, 0.25) is 5.91 Å². The third-order valence-corrected chi connectivity index (χ3v) is 3.60. The number of aliphatic hydroxyl groups is 1. The Kier molecular flexibility index (Phi) is 3.85. The van der Waals surface area contributed by atoms with Crippen molar-refractivity contribution in [3.05, 3.63) is 35.4 Å². The van der Waals surface area contributed by atoms with E-state index >= 15 is 0 Å². The third kappa shape index (κ3) is 3.29. The summed E-state index contributed by atoms with van der Waals surface area (Å²) in [5.41, 5.74) is -0.497. The number of benzene rings is 1. The average Bonchev–Trinajstić information content (AvgIpc) is 3.17. The van der Waals surface area contributed by atoms with Gasteiger partial charge in [-0.2, -0.15) is 0 Å². The monoisotopic (exact) mass is 269 g/mol. The summed E-state index contributed by atoms with van der Waals surface area (Å²) in [5, 5.41) is 12.1. The Morgan fingerprint density at radius 1 is 1.47 bits per heavy atom. The molecule has 0 heterocycles. The van der Waals surface area contributed by atoms with Gasteiger partial charge in [-0.05, 0) is 37.3 Å². The lowest BCUT2D eigenvalue weighted by Crippen LogP contribution is -2.51. The van der Waals surface area contributed by atoms with E-state index in [1.165, 1.54) is 6.07 Å².